The van der Waals surface area contributed by atoms with Gasteiger partial charge < -0.3 is 0 Å². The Morgan fingerprint density at radius 3 is 2.39 bits per heavy atom. The van der Waals surface area contributed by atoms with Crippen LogP contribution in [0.4, 0.5) is 13.2 Å². The van der Waals surface area contributed by atoms with E-state index in [2.05, 4.69) is 4.40 Å². The molecule has 0 fully saturated rings. The number of nitrogens with zero attached hydrogens (tertiary/aromatic N) is 1. The van der Waals surface area contributed by atoms with E-state index in [-0.39, 0.29) is 0 Å². The fourth-order valence-corrected chi connectivity index (χ4v) is 3.45. The van der Waals surface area contributed by atoms with Gasteiger partial charge in [0, 0.05) is 0 Å². The van der Waals surface area contributed by atoms with Crippen LogP contribution < -0.4 is 0 Å². The maximum absolute atomic E-state index is 13.2. The van der Waals surface area contributed by atoms with Crippen molar-refractivity contribution in [1.82, 2.24) is 0 Å². The van der Waals surface area contributed by atoms with Crippen LogP contribution in [-0.2, 0) is 4.79 Å². The highest BCUT2D eigenvalue weighted by molar-refractivity contribution is 8.13. The molecular formula is C17H12F3NOS. The molecule has 0 N–H and O–H groups in total. The van der Waals surface area contributed by atoms with Gasteiger partial charge in [-0.15, -0.1) is 0 Å². The third kappa shape index (κ3) is 2.91. The molecule has 23 heavy (non-hydrogen) atoms. The summed E-state index contributed by atoms with van der Waals surface area (Å²) in [7, 11) is 0. The first-order valence-electron chi connectivity index (χ1n) is 6.90. The Morgan fingerprint density at radius 1 is 1.04 bits per heavy atom. The number of rotatable bonds is 2. The predicted molar refractivity (Wildman–Crippen MR) is 85.4 cm³/mol. The fourth-order valence-electron chi connectivity index (χ4n) is 2.71. The average Bonchev–Trinajstić information content (AvgIpc) is 2.89. The molecule has 1 heterocycles. The number of carbonyl (C=O) groups is 1. The summed E-state index contributed by atoms with van der Waals surface area (Å²) in [6.07, 6.45) is -4.62. The van der Waals surface area contributed by atoms with Gasteiger partial charge in [0.1, 0.15) is 11.6 Å². The lowest BCUT2D eigenvalue weighted by Gasteiger charge is -2.20. The lowest BCUT2D eigenvalue weighted by atomic mass is 9.85. The third-order valence-electron chi connectivity index (χ3n) is 3.73. The van der Waals surface area contributed by atoms with Crippen LogP contribution in [0.1, 0.15) is 17.0 Å². The van der Waals surface area contributed by atoms with E-state index in [4.69, 9.17) is 0 Å². The first kappa shape index (κ1) is 15.8. The molecule has 6 heteroatoms. The van der Waals surface area contributed by atoms with Crippen LogP contribution in [0.15, 0.2) is 52.9 Å². The van der Waals surface area contributed by atoms with Crippen molar-refractivity contribution in [2.75, 3.05) is 0 Å². The summed E-state index contributed by atoms with van der Waals surface area (Å²) < 4.78 is 43.1. The lowest BCUT2D eigenvalue weighted by molar-refractivity contribution is -0.112. The van der Waals surface area contributed by atoms with Crippen molar-refractivity contribution < 1.29 is 18.0 Å². The summed E-state index contributed by atoms with van der Waals surface area (Å²) in [5, 5.41) is -0.594. The van der Waals surface area contributed by atoms with E-state index < -0.39 is 22.9 Å². The number of aryl methyl sites for hydroxylation is 1. The van der Waals surface area contributed by atoms with Crippen molar-refractivity contribution in [3.8, 4) is 11.1 Å². The second-order valence-electron chi connectivity index (χ2n) is 5.22. The number of benzene rings is 2. The quantitative estimate of drug-likeness (QED) is 0.728. The van der Waals surface area contributed by atoms with Crippen LogP contribution in [0, 0.1) is 6.92 Å². The van der Waals surface area contributed by atoms with Crippen molar-refractivity contribution in [3.63, 3.8) is 0 Å². The van der Waals surface area contributed by atoms with Crippen molar-refractivity contribution in [2.45, 2.75) is 19.0 Å². The minimum Gasteiger partial charge on any atom is -0.284 e. The number of carbonyl (C=O) groups excluding carboxylic acids is 1. The van der Waals surface area contributed by atoms with Crippen LogP contribution in [0.5, 0.6) is 0 Å². The normalized spacial score (nSPS) is 18.2. The predicted octanol–water partition coefficient (Wildman–Crippen LogP) is 4.94. The van der Waals surface area contributed by atoms with E-state index in [1.54, 1.807) is 25.1 Å². The highest BCUT2D eigenvalue weighted by Crippen LogP contribution is 2.43. The van der Waals surface area contributed by atoms with Gasteiger partial charge in [0.25, 0.3) is 0 Å². The van der Waals surface area contributed by atoms with Crippen LogP contribution in [0.3, 0.4) is 0 Å². The third-order valence-corrected chi connectivity index (χ3v) is 4.43. The SMILES string of the molecule is Cc1cccc(-c2ccccc2)c1C1C(=O)SN=C1C(F)(F)F. The fraction of sp³-hybridized carbons (Fsp3) is 0.176. The van der Waals surface area contributed by atoms with Crippen molar-refractivity contribution in [3.05, 3.63) is 59.7 Å². The standard InChI is InChI=1S/C17H12F3NOS/c1-10-6-5-9-12(11-7-3-2-4-8-11)13(10)14-15(17(18,19)20)21-23-16(14)22/h2-9,14H,1H3. The molecule has 2 aromatic rings. The van der Waals surface area contributed by atoms with Gasteiger partial charge in [-0.3, -0.25) is 4.79 Å². The van der Waals surface area contributed by atoms with Crippen molar-refractivity contribution in [2.24, 2.45) is 4.40 Å². The van der Waals surface area contributed by atoms with Gasteiger partial charge in [0.2, 0.25) is 5.12 Å². The Labute approximate surface area is 135 Å². The Balaban J connectivity index is 2.20. The monoisotopic (exact) mass is 335 g/mol. The number of hydrogen-bond acceptors (Lipinski definition) is 3. The molecule has 0 saturated heterocycles. The Morgan fingerprint density at radius 2 is 1.74 bits per heavy atom. The van der Waals surface area contributed by atoms with E-state index in [9.17, 15) is 18.0 Å². The molecule has 118 valence electrons. The van der Waals surface area contributed by atoms with E-state index in [1.807, 2.05) is 30.3 Å². The Hall–Kier alpha value is -2.08. The zero-order valence-corrected chi connectivity index (χ0v) is 12.9. The molecule has 1 aliphatic rings. The summed E-state index contributed by atoms with van der Waals surface area (Å²) in [4.78, 5) is 12.1. The molecule has 1 unspecified atom stereocenters. The minimum atomic E-state index is -4.62. The zero-order valence-electron chi connectivity index (χ0n) is 12.1. The lowest BCUT2D eigenvalue weighted by Crippen LogP contribution is -2.30. The van der Waals surface area contributed by atoms with Crippen LogP contribution in [0.25, 0.3) is 11.1 Å². The second-order valence-corrected chi connectivity index (χ2v) is 5.99. The summed E-state index contributed by atoms with van der Waals surface area (Å²) in [5.41, 5.74) is 1.40. The summed E-state index contributed by atoms with van der Waals surface area (Å²) >= 11 is 0.377. The molecule has 0 spiro atoms. The van der Waals surface area contributed by atoms with Crippen LogP contribution >= 0.6 is 11.9 Å². The van der Waals surface area contributed by atoms with E-state index >= 15 is 0 Å². The number of alkyl halides is 3. The summed E-state index contributed by atoms with van der Waals surface area (Å²) in [5.74, 6) is -1.38. The average molecular weight is 335 g/mol. The molecule has 1 aliphatic heterocycles. The molecule has 0 saturated carbocycles. The Bertz CT molecular complexity index is 784. The molecule has 2 nitrogen and oxygen atoms in total. The molecule has 1 atom stereocenters. The molecule has 0 aliphatic carbocycles. The Kier molecular flexibility index (Phi) is 4.02. The summed E-state index contributed by atoms with van der Waals surface area (Å²) in [6, 6.07) is 14.3. The van der Waals surface area contributed by atoms with Crippen molar-refractivity contribution in [1.29, 1.82) is 0 Å². The van der Waals surface area contributed by atoms with E-state index in [0.29, 0.717) is 28.6 Å². The maximum Gasteiger partial charge on any atom is 0.431 e. The van der Waals surface area contributed by atoms with Gasteiger partial charge in [-0.1, -0.05) is 48.5 Å². The second kappa shape index (κ2) is 5.85. The molecule has 0 aromatic heterocycles. The van der Waals surface area contributed by atoms with E-state index in [0.717, 1.165) is 5.56 Å². The first-order chi connectivity index (χ1) is 10.9. The molecular weight excluding hydrogens is 323 g/mol. The first-order valence-corrected chi connectivity index (χ1v) is 7.68. The van der Waals surface area contributed by atoms with Gasteiger partial charge in [-0.2, -0.15) is 13.2 Å². The number of hydrogen-bond donors (Lipinski definition) is 0. The van der Waals surface area contributed by atoms with Gasteiger partial charge in [0.05, 0.1) is 11.9 Å². The van der Waals surface area contributed by atoms with Gasteiger partial charge in [-0.05, 0) is 29.2 Å². The van der Waals surface area contributed by atoms with E-state index in [1.165, 1.54) is 0 Å². The minimum absolute atomic E-state index is 0.377. The topological polar surface area (TPSA) is 29.4 Å². The molecule has 0 amide bonds. The highest BCUT2D eigenvalue weighted by atomic mass is 32.2. The smallest absolute Gasteiger partial charge is 0.284 e. The molecule has 0 bridgehead atoms. The highest BCUT2D eigenvalue weighted by Gasteiger charge is 2.49. The molecule has 2 aromatic carbocycles. The van der Waals surface area contributed by atoms with Crippen molar-refractivity contribution >= 4 is 22.8 Å². The number of halogens is 3. The summed E-state index contributed by atoms with van der Waals surface area (Å²) in [6.45, 7) is 1.71. The molecule has 3 rings (SSSR count). The molecule has 0 radical (unpaired) electrons. The maximum atomic E-state index is 13.2. The van der Waals surface area contributed by atoms with Gasteiger partial charge in [0.15, 0.2) is 0 Å². The van der Waals surface area contributed by atoms with Crippen LogP contribution in [-0.4, -0.2) is 17.0 Å². The van der Waals surface area contributed by atoms with Gasteiger partial charge >= 0.3 is 6.18 Å². The van der Waals surface area contributed by atoms with Crippen LogP contribution in [0.2, 0.25) is 0 Å². The largest absolute Gasteiger partial charge is 0.431 e. The van der Waals surface area contributed by atoms with Gasteiger partial charge in [-0.25, -0.2) is 4.40 Å². The zero-order chi connectivity index (χ0) is 16.6.